The average molecular weight is 356 g/mol. The number of hydrogen-bond donors (Lipinski definition) is 0. The van der Waals surface area contributed by atoms with Gasteiger partial charge in [0.2, 0.25) is 0 Å². The highest BCUT2D eigenvalue weighted by molar-refractivity contribution is 7.09. The number of piperidine rings is 1. The van der Waals surface area contributed by atoms with Crippen molar-refractivity contribution in [3.8, 4) is 0 Å². The summed E-state index contributed by atoms with van der Waals surface area (Å²) in [6, 6.07) is 8.60. The van der Waals surface area contributed by atoms with Crippen LogP contribution in [-0.4, -0.2) is 35.5 Å². The van der Waals surface area contributed by atoms with Crippen molar-refractivity contribution in [3.63, 3.8) is 0 Å². The molecule has 25 heavy (non-hydrogen) atoms. The van der Waals surface area contributed by atoms with Crippen molar-refractivity contribution in [2.75, 3.05) is 19.7 Å². The molecule has 0 N–H and O–H groups in total. The molecular formula is C20H24N2O2S. The summed E-state index contributed by atoms with van der Waals surface area (Å²) in [5.74, 6) is 0.631. The average Bonchev–Trinajstić information content (AvgIpc) is 3.33. The number of amides is 1. The van der Waals surface area contributed by atoms with Gasteiger partial charge in [-0.1, -0.05) is 24.3 Å². The standard InChI is InChI=1S/C20H24N2O2S/c1-14-5-2-3-6-16(14)15-8-10-22(11-9-15)20(23)17-13-25-19(21-17)18-7-4-12-24-18/h2-3,5-6,13,15,18H,4,7-12H2,1H3. The molecule has 3 heterocycles. The van der Waals surface area contributed by atoms with Gasteiger partial charge in [0.05, 0.1) is 0 Å². The van der Waals surface area contributed by atoms with E-state index in [9.17, 15) is 4.79 Å². The monoisotopic (exact) mass is 356 g/mol. The number of aromatic nitrogens is 1. The maximum atomic E-state index is 12.8. The van der Waals surface area contributed by atoms with E-state index in [0.29, 0.717) is 11.6 Å². The van der Waals surface area contributed by atoms with Crippen LogP contribution in [0.15, 0.2) is 29.6 Å². The highest BCUT2D eigenvalue weighted by Gasteiger charge is 2.28. The normalized spacial score (nSPS) is 21.6. The van der Waals surface area contributed by atoms with Gasteiger partial charge in [-0.15, -0.1) is 11.3 Å². The van der Waals surface area contributed by atoms with Gasteiger partial charge in [-0.3, -0.25) is 4.79 Å². The maximum Gasteiger partial charge on any atom is 0.273 e. The van der Waals surface area contributed by atoms with Gasteiger partial charge in [0, 0.05) is 25.1 Å². The molecule has 0 aliphatic carbocycles. The highest BCUT2D eigenvalue weighted by atomic mass is 32.1. The number of rotatable bonds is 3. The predicted octanol–water partition coefficient (Wildman–Crippen LogP) is 4.32. The molecule has 132 valence electrons. The summed E-state index contributed by atoms with van der Waals surface area (Å²) in [6.07, 6.45) is 4.25. The number of thiazole rings is 1. The zero-order valence-electron chi connectivity index (χ0n) is 14.6. The first kappa shape index (κ1) is 16.7. The zero-order valence-corrected chi connectivity index (χ0v) is 15.4. The van der Waals surface area contributed by atoms with Crippen molar-refractivity contribution in [2.45, 2.75) is 44.6 Å². The Kier molecular flexibility index (Phi) is 4.86. The molecule has 2 aliphatic heterocycles. The SMILES string of the molecule is Cc1ccccc1C1CCN(C(=O)c2csc(C3CCCO3)n2)CC1. The molecule has 0 saturated carbocycles. The van der Waals surface area contributed by atoms with Gasteiger partial charge in [-0.25, -0.2) is 4.98 Å². The van der Waals surface area contributed by atoms with Crippen LogP contribution in [0.5, 0.6) is 0 Å². The third-order valence-corrected chi connectivity index (χ3v) is 6.29. The van der Waals surface area contributed by atoms with E-state index < -0.39 is 0 Å². The lowest BCUT2D eigenvalue weighted by molar-refractivity contribution is 0.0706. The Bertz CT molecular complexity index is 744. The molecule has 0 radical (unpaired) electrons. The molecule has 1 amide bonds. The Morgan fingerprint density at radius 1 is 1.24 bits per heavy atom. The van der Waals surface area contributed by atoms with E-state index in [4.69, 9.17) is 4.74 Å². The van der Waals surface area contributed by atoms with Crippen LogP contribution >= 0.6 is 11.3 Å². The summed E-state index contributed by atoms with van der Waals surface area (Å²) in [6.45, 7) is 4.60. The molecule has 1 aromatic heterocycles. The van der Waals surface area contributed by atoms with E-state index in [-0.39, 0.29) is 12.0 Å². The van der Waals surface area contributed by atoms with Gasteiger partial charge < -0.3 is 9.64 Å². The van der Waals surface area contributed by atoms with Crippen LogP contribution in [0.3, 0.4) is 0 Å². The second kappa shape index (κ2) is 7.26. The molecule has 0 spiro atoms. The smallest absolute Gasteiger partial charge is 0.273 e. The third-order valence-electron chi connectivity index (χ3n) is 5.36. The molecule has 2 saturated heterocycles. The van der Waals surface area contributed by atoms with Crippen LogP contribution in [0.1, 0.15) is 64.3 Å². The molecular weight excluding hydrogens is 332 g/mol. The Morgan fingerprint density at radius 2 is 2.04 bits per heavy atom. The summed E-state index contributed by atoms with van der Waals surface area (Å²) in [5, 5.41) is 2.85. The number of likely N-dealkylation sites (tertiary alicyclic amines) is 1. The maximum absolute atomic E-state index is 12.8. The summed E-state index contributed by atoms with van der Waals surface area (Å²) in [4.78, 5) is 19.3. The molecule has 1 aromatic carbocycles. The first-order chi connectivity index (χ1) is 12.2. The Labute approximate surface area is 152 Å². The van der Waals surface area contributed by atoms with Crippen LogP contribution in [0, 0.1) is 6.92 Å². The fourth-order valence-electron chi connectivity index (χ4n) is 3.91. The molecule has 2 aromatic rings. The lowest BCUT2D eigenvalue weighted by Crippen LogP contribution is -2.38. The number of nitrogens with zero attached hydrogens (tertiary/aromatic N) is 2. The molecule has 4 nitrogen and oxygen atoms in total. The summed E-state index contributed by atoms with van der Waals surface area (Å²) < 4.78 is 5.67. The molecule has 1 unspecified atom stereocenters. The number of carbonyl (C=O) groups is 1. The highest BCUT2D eigenvalue weighted by Crippen LogP contribution is 2.32. The van der Waals surface area contributed by atoms with Crippen LogP contribution in [-0.2, 0) is 4.74 Å². The van der Waals surface area contributed by atoms with Crippen molar-refractivity contribution in [3.05, 3.63) is 51.5 Å². The van der Waals surface area contributed by atoms with Gasteiger partial charge in [0.1, 0.15) is 16.8 Å². The lowest BCUT2D eigenvalue weighted by atomic mass is 9.87. The minimum atomic E-state index is 0.0729. The van der Waals surface area contributed by atoms with E-state index in [1.165, 1.54) is 11.1 Å². The number of ether oxygens (including phenoxy) is 1. The van der Waals surface area contributed by atoms with Gasteiger partial charge in [0.25, 0.3) is 5.91 Å². The number of aryl methyl sites for hydroxylation is 1. The predicted molar refractivity (Wildman–Crippen MR) is 99.1 cm³/mol. The van der Waals surface area contributed by atoms with Gasteiger partial charge in [-0.05, 0) is 49.7 Å². The first-order valence-corrected chi connectivity index (χ1v) is 10.0. The lowest BCUT2D eigenvalue weighted by Gasteiger charge is -2.32. The van der Waals surface area contributed by atoms with Gasteiger partial charge in [0.15, 0.2) is 0 Å². The van der Waals surface area contributed by atoms with Gasteiger partial charge in [-0.2, -0.15) is 0 Å². The van der Waals surface area contributed by atoms with E-state index in [2.05, 4.69) is 36.2 Å². The summed E-state index contributed by atoms with van der Waals surface area (Å²) in [7, 11) is 0. The number of benzene rings is 1. The van der Waals surface area contributed by atoms with Crippen molar-refractivity contribution in [1.29, 1.82) is 0 Å². The minimum absolute atomic E-state index is 0.0729. The second-order valence-corrected chi connectivity index (χ2v) is 7.89. The molecule has 5 heteroatoms. The number of hydrogen-bond acceptors (Lipinski definition) is 4. The third kappa shape index (κ3) is 3.48. The van der Waals surface area contributed by atoms with Crippen molar-refractivity contribution < 1.29 is 9.53 Å². The largest absolute Gasteiger partial charge is 0.371 e. The van der Waals surface area contributed by atoms with E-state index in [1.807, 2.05) is 10.3 Å². The summed E-state index contributed by atoms with van der Waals surface area (Å²) >= 11 is 1.55. The zero-order chi connectivity index (χ0) is 17.2. The van der Waals surface area contributed by atoms with Crippen LogP contribution in [0.2, 0.25) is 0 Å². The van der Waals surface area contributed by atoms with E-state index in [1.54, 1.807) is 11.3 Å². The Hall–Kier alpha value is -1.72. The quantitative estimate of drug-likeness (QED) is 0.822. The fourth-order valence-corrected chi connectivity index (χ4v) is 4.78. The van der Waals surface area contributed by atoms with Crippen molar-refractivity contribution in [2.24, 2.45) is 0 Å². The minimum Gasteiger partial charge on any atom is -0.371 e. The Balaban J connectivity index is 1.39. The topological polar surface area (TPSA) is 42.4 Å². The molecule has 2 aliphatic rings. The number of carbonyl (C=O) groups excluding carboxylic acids is 1. The van der Waals surface area contributed by atoms with Crippen LogP contribution in [0.25, 0.3) is 0 Å². The van der Waals surface area contributed by atoms with Crippen LogP contribution in [0.4, 0.5) is 0 Å². The molecule has 0 bridgehead atoms. The summed E-state index contributed by atoms with van der Waals surface area (Å²) in [5.41, 5.74) is 3.38. The van der Waals surface area contributed by atoms with Crippen molar-refractivity contribution >= 4 is 17.2 Å². The Morgan fingerprint density at radius 3 is 2.76 bits per heavy atom. The molecule has 2 fully saturated rings. The first-order valence-electron chi connectivity index (χ1n) is 9.14. The van der Waals surface area contributed by atoms with Gasteiger partial charge >= 0.3 is 0 Å². The molecule has 1 atom stereocenters. The van der Waals surface area contributed by atoms with E-state index >= 15 is 0 Å². The van der Waals surface area contributed by atoms with Crippen LogP contribution < -0.4 is 0 Å². The van der Waals surface area contributed by atoms with Crippen molar-refractivity contribution in [1.82, 2.24) is 9.88 Å². The second-order valence-electron chi connectivity index (χ2n) is 7.00. The van der Waals surface area contributed by atoms with E-state index in [0.717, 1.165) is 50.4 Å². The fraction of sp³-hybridized carbons (Fsp3) is 0.500. The molecule has 4 rings (SSSR count).